The molecule has 4 heterocycles. The third kappa shape index (κ3) is 3.48. The monoisotopic (exact) mass is 528 g/mol. The molecule has 38 heavy (non-hydrogen) atoms. The highest BCUT2D eigenvalue weighted by Gasteiger charge is 2.83. The van der Waals surface area contributed by atoms with Crippen LogP contribution in [0.2, 0.25) is 0 Å². The number of ether oxygens (including phenoxy) is 5. The molecule has 6 rings (SSSR count). The average Bonchev–Trinajstić information content (AvgIpc) is 3.65. The van der Waals surface area contributed by atoms with Crippen molar-refractivity contribution in [1.29, 1.82) is 0 Å². The van der Waals surface area contributed by atoms with Crippen molar-refractivity contribution in [3.8, 4) is 0 Å². The Hall–Kier alpha value is -2.33. The van der Waals surface area contributed by atoms with E-state index in [1.165, 1.54) is 24.6 Å². The number of rotatable bonds is 1. The molecule has 4 bridgehead atoms. The molecule has 1 saturated carbocycles. The molecule has 8 atom stereocenters. The Kier molecular flexibility index (Phi) is 6.03. The first kappa shape index (κ1) is 25.9. The highest BCUT2D eigenvalue weighted by Crippen LogP contribution is 2.72. The third-order valence-electron chi connectivity index (χ3n) is 10.3. The summed E-state index contributed by atoms with van der Waals surface area (Å²) in [5, 5.41) is 11.2. The van der Waals surface area contributed by atoms with Crippen LogP contribution in [0.5, 0.6) is 0 Å². The van der Waals surface area contributed by atoms with Crippen molar-refractivity contribution in [3.63, 3.8) is 0 Å². The second-order valence-electron chi connectivity index (χ2n) is 12.0. The number of aliphatic hydroxyl groups is 1. The van der Waals surface area contributed by atoms with Crippen LogP contribution in [-0.2, 0) is 38.1 Å². The molecule has 3 saturated heterocycles. The smallest absolute Gasteiger partial charge is 0.330 e. The molecule has 0 amide bonds. The molecule has 0 radical (unpaired) electrons. The van der Waals surface area contributed by atoms with Crippen LogP contribution in [0.4, 0.5) is 0 Å². The standard InChI is InChI=1S/C29H36O9/c1-17-7-10-27-15-34-24(32)13-19-8-11-35-28(18(2)30,25(19)33)9-5-4-6-23(31)38-20-14-22(37-21(27)12-17)29(16-36-29)26(20,27)3/h4,6,12-13,20-22,25,33H,5,7-11,14-16H2,1-3H3/t20-,21-,22-,25+,26?,27-,28+,29?/m1/s1. The van der Waals surface area contributed by atoms with Crippen LogP contribution in [0.3, 0.4) is 0 Å². The molecule has 1 N–H and O–H groups in total. The maximum absolute atomic E-state index is 13.2. The largest absolute Gasteiger partial charge is 0.462 e. The van der Waals surface area contributed by atoms with Crippen molar-refractivity contribution in [1.82, 2.24) is 0 Å². The van der Waals surface area contributed by atoms with Gasteiger partial charge in [0.25, 0.3) is 0 Å². The molecule has 0 aromatic rings. The van der Waals surface area contributed by atoms with Gasteiger partial charge in [-0.3, -0.25) is 4.79 Å². The summed E-state index contributed by atoms with van der Waals surface area (Å²) in [5.41, 5.74) is -1.77. The van der Waals surface area contributed by atoms with Gasteiger partial charge in [-0.15, -0.1) is 0 Å². The Labute approximate surface area is 222 Å². The summed E-state index contributed by atoms with van der Waals surface area (Å²) in [6, 6.07) is 0. The SMILES string of the molecule is CC(=O)[C@]12CCC=CC(=O)O[C@@H]3C[C@H]4O[C@@H]5C=C(C)CC[C@]5(COC(=O)C=C(CCO1)[C@@H]2O)C3(C)C41CO1. The first-order valence-corrected chi connectivity index (χ1v) is 13.6. The first-order valence-electron chi connectivity index (χ1n) is 13.6. The minimum Gasteiger partial charge on any atom is -0.462 e. The maximum atomic E-state index is 13.2. The van der Waals surface area contributed by atoms with E-state index in [1.807, 2.05) is 0 Å². The van der Waals surface area contributed by atoms with Gasteiger partial charge in [-0.1, -0.05) is 24.6 Å². The number of Topliss-reactive ketones (excluding diaryl/α,β-unsaturated/α-hetero) is 1. The van der Waals surface area contributed by atoms with Gasteiger partial charge in [0.1, 0.15) is 24.4 Å². The minimum atomic E-state index is -1.49. The summed E-state index contributed by atoms with van der Waals surface area (Å²) in [6.07, 6.45) is 6.90. The van der Waals surface area contributed by atoms with Gasteiger partial charge in [-0.05, 0) is 51.5 Å². The lowest BCUT2D eigenvalue weighted by Crippen LogP contribution is -2.66. The number of hydrogen-bond donors (Lipinski definition) is 1. The number of hydrogen-bond acceptors (Lipinski definition) is 9. The third-order valence-corrected chi connectivity index (χ3v) is 10.3. The number of ketones is 1. The molecule has 0 aromatic heterocycles. The lowest BCUT2D eigenvalue weighted by Gasteiger charge is -2.58. The summed E-state index contributed by atoms with van der Waals surface area (Å²) in [7, 11) is 0. The van der Waals surface area contributed by atoms with Gasteiger partial charge >= 0.3 is 11.9 Å². The van der Waals surface area contributed by atoms with Gasteiger partial charge in [-0.25, -0.2) is 9.59 Å². The van der Waals surface area contributed by atoms with Gasteiger partial charge in [0, 0.05) is 24.0 Å². The van der Waals surface area contributed by atoms with Crippen LogP contribution < -0.4 is 0 Å². The molecule has 9 nitrogen and oxygen atoms in total. The molecular formula is C29H36O9. The van der Waals surface area contributed by atoms with Gasteiger partial charge in [0.2, 0.25) is 0 Å². The topological polar surface area (TPSA) is 121 Å². The molecule has 6 aliphatic rings. The van der Waals surface area contributed by atoms with E-state index >= 15 is 0 Å². The van der Waals surface area contributed by atoms with E-state index in [4.69, 9.17) is 23.7 Å². The van der Waals surface area contributed by atoms with E-state index in [1.54, 1.807) is 6.08 Å². The second kappa shape index (κ2) is 8.84. The normalized spacial score (nSPS) is 46.4. The zero-order valence-corrected chi connectivity index (χ0v) is 22.2. The fraction of sp³-hybridized carbons (Fsp3) is 0.690. The van der Waals surface area contributed by atoms with Crippen LogP contribution in [0.25, 0.3) is 0 Å². The molecule has 4 fully saturated rings. The number of esters is 2. The van der Waals surface area contributed by atoms with Crippen LogP contribution >= 0.6 is 0 Å². The summed E-state index contributed by atoms with van der Waals surface area (Å²) < 4.78 is 30.6. The summed E-state index contributed by atoms with van der Waals surface area (Å²) in [5.74, 6) is -1.41. The molecule has 2 spiro atoms. The summed E-state index contributed by atoms with van der Waals surface area (Å²) in [6.45, 7) is 6.28. The Morgan fingerprint density at radius 1 is 1.08 bits per heavy atom. The number of epoxide rings is 1. The Balaban J connectivity index is 1.42. The molecule has 2 aliphatic carbocycles. The lowest BCUT2D eigenvalue weighted by molar-refractivity contribution is -0.232. The number of carbonyl (C=O) groups excluding carboxylic acids is 3. The predicted octanol–water partition coefficient (Wildman–Crippen LogP) is 2.50. The van der Waals surface area contributed by atoms with E-state index in [0.717, 1.165) is 6.42 Å². The van der Waals surface area contributed by atoms with E-state index < -0.39 is 46.2 Å². The van der Waals surface area contributed by atoms with Crippen LogP contribution in [0, 0.1) is 10.8 Å². The van der Waals surface area contributed by atoms with Crippen molar-refractivity contribution in [2.45, 2.75) is 94.9 Å². The molecule has 4 aliphatic heterocycles. The highest BCUT2D eigenvalue weighted by molar-refractivity contribution is 5.88. The first-order chi connectivity index (χ1) is 18.1. The summed E-state index contributed by atoms with van der Waals surface area (Å²) >= 11 is 0. The highest BCUT2D eigenvalue weighted by atomic mass is 16.6. The number of allylic oxidation sites excluding steroid dienone is 2. The van der Waals surface area contributed by atoms with Crippen molar-refractivity contribution in [3.05, 3.63) is 35.5 Å². The zero-order valence-electron chi connectivity index (χ0n) is 22.2. The van der Waals surface area contributed by atoms with E-state index in [-0.39, 0.29) is 37.6 Å². The number of cyclic esters (lactones) is 1. The quantitative estimate of drug-likeness (QED) is 0.311. The minimum absolute atomic E-state index is 0.0483. The number of carbonyl (C=O) groups is 3. The Bertz CT molecular complexity index is 1150. The van der Waals surface area contributed by atoms with E-state index in [2.05, 4.69) is 19.9 Å². The van der Waals surface area contributed by atoms with Crippen LogP contribution in [-0.4, -0.2) is 78.3 Å². The van der Waals surface area contributed by atoms with Crippen molar-refractivity contribution >= 4 is 17.7 Å². The Morgan fingerprint density at radius 3 is 2.61 bits per heavy atom. The fourth-order valence-electron chi connectivity index (χ4n) is 7.88. The Morgan fingerprint density at radius 2 is 1.87 bits per heavy atom. The number of aliphatic hydroxyl groups excluding tert-OH is 1. The zero-order chi connectivity index (χ0) is 26.9. The van der Waals surface area contributed by atoms with E-state index in [9.17, 15) is 19.5 Å². The predicted molar refractivity (Wildman–Crippen MR) is 133 cm³/mol. The van der Waals surface area contributed by atoms with Gasteiger partial charge in [-0.2, -0.15) is 0 Å². The lowest BCUT2D eigenvalue weighted by atomic mass is 9.51. The van der Waals surface area contributed by atoms with Crippen LogP contribution in [0.1, 0.15) is 59.3 Å². The van der Waals surface area contributed by atoms with Gasteiger partial charge in [0.15, 0.2) is 11.4 Å². The molecule has 2 unspecified atom stereocenters. The molecular weight excluding hydrogens is 492 g/mol. The molecule has 206 valence electrons. The van der Waals surface area contributed by atoms with E-state index in [0.29, 0.717) is 37.9 Å². The molecule has 0 aromatic carbocycles. The summed E-state index contributed by atoms with van der Waals surface area (Å²) in [4.78, 5) is 38.9. The second-order valence-corrected chi connectivity index (χ2v) is 12.0. The van der Waals surface area contributed by atoms with Crippen molar-refractivity contribution < 1.29 is 43.2 Å². The number of fused-ring (bicyclic) bond motifs is 2. The van der Waals surface area contributed by atoms with Crippen molar-refractivity contribution in [2.75, 3.05) is 19.8 Å². The average molecular weight is 529 g/mol. The van der Waals surface area contributed by atoms with Gasteiger partial charge < -0.3 is 28.8 Å². The maximum Gasteiger partial charge on any atom is 0.330 e. The molecule has 9 heteroatoms. The van der Waals surface area contributed by atoms with Crippen molar-refractivity contribution in [2.24, 2.45) is 10.8 Å². The van der Waals surface area contributed by atoms with Gasteiger partial charge in [0.05, 0.1) is 30.8 Å². The van der Waals surface area contributed by atoms with Crippen LogP contribution in [0.15, 0.2) is 35.5 Å². The fourth-order valence-corrected chi connectivity index (χ4v) is 7.88.